The number of halogens is 3. The van der Waals surface area contributed by atoms with Crippen molar-refractivity contribution >= 4 is 33.2 Å². The topological polar surface area (TPSA) is 56.0 Å². The van der Waals surface area contributed by atoms with Gasteiger partial charge in [-0.15, -0.1) is 0 Å². The minimum absolute atomic E-state index is 0.149. The summed E-state index contributed by atoms with van der Waals surface area (Å²) in [6.07, 6.45) is 2.99. The highest BCUT2D eigenvalue weighted by Crippen LogP contribution is 2.36. The van der Waals surface area contributed by atoms with Crippen LogP contribution in [0, 0.1) is 5.82 Å². The SMILES string of the molecule is CC1N=C(c2ncccc2F)c2c(ccc(Br)c2Cl)-n2ncnc21. The highest BCUT2D eigenvalue weighted by Gasteiger charge is 2.28. The van der Waals surface area contributed by atoms with Gasteiger partial charge in [-0.2, -0.15) is 5.10 Å². The Balaban J connectivity index is 2.10. The molecule has 0 spiro atoms. The standard InChI is InChI=1S/C16H10BrClFN5/c1-8-16-21-7-22-24(16)11-5-4-9(17)13(18)12(11)15(23-8)14-10(19)3-2-6-20-14/h2-8H,1H3. The number of nitrogens with zero attached hydrogens (tertiary/aromatic N) is 5. The summed E-state index contributed by atoms with van der Waals surface area (Å²) in [6, 6.07) is 6.22. The molecule has 3 heterocycles. The van der Waals surface area contributed by atoms with E-state index in [1.807, 2.05) is 19.1 Å². The minimum atomic E-state index is -0.460. The first kappa shape index (κ1) is 15.4. The van der Waals surface area contributed by atoms with Gasteiger partial charge in [0.15, 0.2) is 11.6 Å². The number of aliphatic imine (C=N–C) groups is 1. The van der Waals surface area contributed by atoms with Gasteiger partial charge in [-0.25, -0.2) is 14.1 Å². The highest BCUT2D eigenvalue weighted by molar-refractivity contribution is 9.10. The van der Waals surface area contributed by atoms with Crippen molar-refractivity contribution in [3.63, 3.8) is 0 Å². The Hall–Kier alpha value is -2.12. The molecule has 1 aliphatic rings. The number of hydrogen-bond acceptors (Lipinski definition) is 4. The summed E-state index contributed by atoms with van der Waals surface area (Å²) < 4.78 is 16.7. The molecule has 0 radical (unpaired) electrons. The Labute approximate surface area is 150 Å². The molecule has 1 atom stereocenters. The van der Waals surface area contributed by atoms with Crippen LogP contribution in [0.25, 0.3) is 5.69 Å². The quantitative estimate of drug-likeness (QED) is 0.610. The van der Waals surface area contributed by atoms with E-state index in [4.69, 9.17) is 11.6 Å². The average molecular weight is 407 g/mol. The van der Waals surface area contributed by atoms with E-state index in [0.717, 1.165) is 0 Å². The molecule has 0 saturated heterocycles. The molecule has 120 valence electrons. The molecule has 8 heteroatoms. The molecule has 0 N–H and O–H groups in total. The summed E-state index contributed by atoms with van der Waals surface area (Å²) in [7, 11) is 0. The van der Waals surface area contributed by atoms with E-state index in [1.165, 1.54) is 24.7 Å². The van der Waals surface area contributed by atoms with E-state index >= 15 is 0 Å². The van der Waals surface area contributed by atoms with Gasteiger partial charge in [-0.05, 0) is 47.1 Å². The second-order valence-electron chi connectivity index (χ2n) is 5.27. The first-order valence-electron chi connectivity index (χ1n) is 7.15. The number of aromatic nitrogens is 4. The van der Waals surface area contributed by atoms with Crippen LogP contribution in [-0.2, 0) is 0 Å². The zero-order valence-corrected chi connectivity index (χ0v) is 14.8. The lowest BCUT2D eigenvalue weighted by molar-refractivity contribution is 0.617. The molecular weight excluding hydrogens is 397 g/mol. The zero-order valence-electron chi connectivity index (χ0n) is 12.4. The molecule has 0 aliphatic carbocycles. The number of pyridine rings is 1. The molecule has 0 amide bonds. The van der Waals surface area contributed by atoms with Crippen LogP contribution >= 0.6 is 27.5 Å². The summed E-state index contributed by atoms with van der Waals surface area (Å²) >= 11 is 9.94. The van der Waals surface area contributed by atoms with Gasteiger partial charge in [-0.3, -0.25) is 9.98 Å². The summed E-state index contributed by atoms with van der Waals surface area (Å²) in [4.78, 5) is 13.1. The number of benzene rings is 1. The zero-order chi connectivity index (χ0) is 16.8. The van der Waals surface area contributed by atoms with Gasteiger partial charge >= 0.3 is 0 Å². The number of rotatable bonds is 1. The van der Waals surface area contributed by atoms with Gasteiger partial charge in [0.05, 0.1) is 16.4 Å². The average Bonchev–Trinajstić information content (AvgIpc) is 3.02. The van der Waals surface area contributed by atoms with E-state index in [2.05, 4.69) is 36.0 Å². The van der Waals surface area contributed by atoms with Gasteiger partial charge in [-0.1, -0.05) is 11.6 Å². The number of fused-ring (bicyclic) bond motifs is 3. The van der Waals surface area contributed by atoms with Crippen LogP contribution in [0.5, 0.6) is 0 Å². The largest absolute Gasteiger partial charge is 0.271 e. The molecular formula is C16H10BrClFN5. The van der Waals surface area contributed by atoms with Crippen molar-refractivity contribution in [1.29, 1.82) is 0 Å². The molecule has 0 saturated carbocycles. The third-order valence-electron chi connectivity index (χ3n) is 3.79. The van der Waals surface area contributed by atoms with Crippen LogP contribution in [0.15, 0.2) is 46.3 Å². The van der Waals surface area contributed by atoms with E-state index in [1.54, 1.807) is 4.68 Å². The first-order chi connectivity index (χ1) is 11.6. The fourth-order valence-electron chi connectivity index (χ4n) is 2.72. The Bertz CT molecular complexity index is 984. The third kappa shape index (κ3) is 2.27. The van der Waals surface area contributed by atoms with E-state index < -0.39 is 5.82 Å². The fraction of sp³-hybridized carbons (Fsp3) is 0.125. The molecule has 1 unspecified atom stereocenters. The fourth-order valence-corrected chi connectivity index (χ4v) is 3.30. The van der Waals surface area contributed by atoms with Crippen LogP contribution < -0.4 is 0 Å². The Kier molecular flexibility index (Phi) is 3.69. The molecule has 1 aromatic carbocycles. The molecule has 24 heavy (non-hydrogen) atoms. The summed E-state index contributed by atoms with van der Waals surface area (Å²) in [6.45, 7) is 1.87. The molecule has 0 fully saturated rings. The van der Waals surface area contributed by atoms with Crippen LogP contribution in [0.4, 0.5) is 4.39 Å². The van der Waals surface area contributed by atoms with Crippen LogP contribution in [0.3, 0.4) is 0 Å². The van der Waals surface area contributed by atoms with Crippen molar-refractivity contribution in [3.8, 4) is 5.69 Å². The maximum Gasteiger partial charge on any atom is 0.156 e. The molecule has 0 bridgehead atoms. The van der Waals surface area contributed by atoms with Gasteiger partial charge in [0.1, 0.15) is 18.1 Å². The monoisotopic (exact) mass is 405 g/mol. The Morgan fingerprint density at radius 3 is 2.88 bits per heavy atom. The molecule has 5 nitrogen and oxygen atoms in total. The Morgan fingerprint density at radius 1 is 1.25 bits per heavy atom. The number of hydrogen-bond donors (Lipinski definition) is 0. The van der Waals surface area contributed by atoms with Crippen molar-refractivity contribution in [3.05, 3.63) is 69.2 Å². The van der Waals surface area contributed by atoms with Crippen LogP contribution in [-0.4, -0.2) is 25.5 Å². The lowest BCUT2D eigenvalue weighted by atomic mass is 10.0. The normalized spacial score (nSPS) is 16.2. The predicted molar refractivity (Wildman–Crippen MR) is 92.3 cm³/mol. The van der Waals surface area contributed by atoms with E-state index in [9.17, 15) is 4.39 Å². The van der Waals surface area contributed by atoms with Gasteiger partial charge in [0.25, 0.3) is 0 Å². The second-order valence-corrected chi connectivity index (χ2v) is 6.51. The maximum atomic E-state index is 14.4. The van der Waals surface area contributed by atoms with Crippen molar-refractivity contribution < 1.29 is 4.39 Å². The van der Waals surface area contributed by atoms with Gasteiger partial charge < -0.3 is 0 Å². The summed E-state index contributed by atoms with van der Waals surface area (Å²) in [5.41, 5.74) is 1.79. The molecule has 3 aromatic rings. The second kappa shape index (κ2) is 5.75. The van der Waals surface area contributed by atoms with Crippen molar-refractivity contribution in [1.82, 2.24) is 19.7 Å². The summed E-state index contributed by atoms with van der Waals surface area (Å²) in [5, 5.41) is 4.70. The molecule has 4 rings (SSSR count). The van der Waals surface area contributed by atoms with Crippen molar-refractivity contribution in [2.75, 3.05) is 0 Å². The van der Waals surface area contributed by atoms with Crippen molar-refractivity contribution in [2.24, 2.45) is 4.99 Å². The van der Waals surface area contributed by atoms with Gasteiger partial charge in [0, 0.05) is 16.2 Å². The molecule has 1 aliphatic heterocycles. The van der Waals surface area contributed by atoms with E-state index in [-0.39, 0.29) is 11.7 Å². The maximum absolute atomic E-state index is 14.4. The Morgan fingerprint density at radius 2 is 2.08 bits per heavy atom. The van der Waals surface area contributed by atoms with E-state index in [0.29, 0.717) is 32.3 Å². The van der Waals surface area contributed by atoms with Crippen molar-refractivity contribution in [2.45, 2.75) is 13.0 Å². The predicted octanol–water partition coefficient (Wildman–Crippen LogP) is 4.13. The van der Waals surface area contributed by atoms with Crippen LogP contribution in [0.1, 0.15) is 30.0 Å². The molecule has 2 aromatic heterocycles. The third-order valence-corrected chi connectivity index (χ3v) is 5.07. The van der Waals surface area contributed by atoms with Gasteiger partial charge in [0.2, 0.25) is 0 Å². The minimum Gasteiger partial charge on any atom is -0.271 e. The smallest absolute Gasteiger partial charge is 0.156 e. The van der Waals surface area contributed by atoms with Crippen LogP contribution in [0.2, 0.25) is 5.02 Å². The summed E-state index contributed by atoms with van der Waals surface area (Å²) in [5.74, 6) is 0.193. The lowest BCUT2D eigenvalue weighted by Gasteiger charge is -2.13. The first-order valence-corrected chi connectivity index (χ1v) is 8.32. The lowest BCUT2D eigenvalue weighted by Crippen LogP contribution is -2.12. The highest BCUT2D eigenvalue weighted by atomic mass is 79.9.